The Morgan fingerprint density at radius 1 is 1.44 bits per heavy atom. The summed E-state index contributed by atoms with van der Waals surface area (Å²) < 4.78 is 0. The first kappa shape index (κ1) is 13.6. The lowest BCUT2D eigenvalue weighted by Crippen LogP contribution is -2.49. The molecule has 3 N–H and O–H groups in total. The minimum absolute atomic E-state index is 0.0660. The quantitative estimate of drug-likeness (QED) is 0.766. The fraction of sp³-hybridized carbons (Fsp3) is 0.909. The van der Waals surface area contributed by atoms with Gasteiger partial charge in [0.2, 0.25) is 0 Å². The Hall–Kier alpha value is -0.420. The minimum Gasteiger partial charge on any atom is -0.334 e. The van der Waals surface area contributed by atoms with E-state index < -0.39 is 0 Å². The van der Waals surface area contributed by atoms with E-state index in [1.54, 1.807) is 11.8 Å². The predicted octanol–water partition coefficient (Wildman–Crippen LogP) is 1.26. The average Bonchev–Trinajstić information content (AvgIpc) is 2.35. The standard InChI is InChI=1S/C11H23N3OS/c1-16-8-5-10(9-12)13-11(15)14-6-3-2-4-7-14/h10H,2-9,12H2,1H3,(H,13,15)/t10-/m0/s1. The van der Waals surface area contributed by atoms with Crippen LogP contribution < -0.4 is 11.1 Å². The van der Waals surface area contributed by atoms with E-state index in [4.69, 9.17) is 5.73 Å². The van der Waals surface area contributed by atoms with Crippen LogP contribution in [0.3, 0.4) is 0 Å². The van der Waals surface area contributed by atoms with Crippen LogP contribution in [0.15, 0.2) is 0 Å². The molecular weight excluding hydrogens is 222 g/mol. The monoisotopic (exact) mass is 245 g/mol. The summed E-state index contributed by atoms with van der Waals surface area (Å²) in [6.07, 6.45) is 6.53. The normalized spacial score (nSPS) is 18.2. The molecule has 1 saturated heterocycles. The molecule has 1 aliphatic rings. The molecule has 5 heteroatoms. The molecule has 0 bridgehead atoms. The number of amides is 2. The first-order valence-electron chi connectivity index (χ1n) is 6.02. The van der Waals surface area contributed by atoms with Gasteiger partial charge in [-0.05, 0) is 37.7 Å². The predicted molar refractivity (Wildman–Crippen MR) is 69.8 cm³/mol. The Balaban J connectivity index is 2.29. The lowest BCUT2D eigenvalue weighted by Gasteiger charge is -2.29. The summed E-state index contributed by atoms with van der Waals surface area (Å²) in [4.78, 5) is 13.8. The number of piperidine rings is 1. The number of hydrogen-bond donors (Lipinski definition) is 2. The molecule has 1 fully saturated rings. The lowest BCUT2D eigenvalue weighted by atomic mass is 10.1. The molecule has 1 rings (SSSR count). The molecule has 0 aromatic rings. The molecule has 0 radical (unpaired) electrons. The van der Waals surface area contributed by atoms with E-state index in [0.29, 0.717) is 6.54 Å². The largest absolute Gasteiger partial charge is 0.334 e. The van der Waals surface area contributed by atoms with Crippen LogP contribution in [0.2, 0.25) is 0 Å². The second-order valence-electron chi connectivity index (χ2n) is 4.21. The number of carbonyl (C=O) groups is 1. The maximum atomic E-state index is 11.9. The minimum atomic E-state index is 0.0660. The maximum Gasteiger partial charge on any atom is 0.317 e. The van der Waals surface area contributed by atoms with Crippen LogP contribution in [0.25, 0.3) is 0 Å². The SMILES string of the molecule is CSCC[C@@H](CN)NC(=O)N1CCCCC1. The molecule has 0 spiro atoms. The van der Waals surface area contributed by atoms with E-state index in [9.17, 15) is 4.79 Å². The van der Waals surface area contributed by atoms with Gasteiger partial charge in [-0.2, -0.15) is 11.8 Å². The van der Waals surface area contributed by atoms with Crippen LogP contribution in [-0.4, -0.2) is 48.6 Å². The summed E-state index contributed by atoms with van der Waals surface area (Å²) in [5.74, 6) is 1.04. The molecule has 2 amide bonds. The zero-order chi connectivity index (χ0) is 11.8. The zero-order valence-corrected chi connectivity index (χ0v) is 10.9. The third-order valence-corrected chi connectivity index (χ3v) is 3.57. The fourth-order valence-electron chi connectivity index (χ4n) is 1.87. The van der Waals surface area contributed by atoms with Gasteiger partial charge in [0.25, 0.3) is 0 Å². The maximum absolute atomic E-state index is 11.9. The smallest absolute Gasteiger partial charge is 0.317 e. The van der Waals surface area contributed by atoms with Crippen molar-refractivity contribution in [2.75, 3.05) is 31.6 Å². The summed E-state index contributed by atoms with van der Waals surface area (Å²) in [5.41, 5.74) is 5.65. The van der Waals surface area contributed by atoms with Crippen LogP contribution in [-0.2, 0) is 0 Å². The number of carbonyl (C=O) groups excluding carboxylic acids is 1. The van der Waals surface area contributed by atoms with E-state index in [1.165, 1.54) is 6.42 Å². The van der Waals surface area contributed by atoms with Gasteiger partial charge in [0, 0.05) is 25.7 Å². The van der Waals surface area contributed by atoms with Gasteiger partial charge in [-0.1, -0.05) is 0 Å². The highest BCUT2D eigenvalue weighted by Gasteiger charge is 2.18. The Morgan fingerprint density at radius 2 is 2.12 bits per heavy atom. The number of nitrogens with two attached hydrogens (primary N) is 1. The van der Waals surface area contributed by atoms with Gasteiger partial charge >= 0.3 is 6.03 Å². The van der Waals surface area contributed by atoms with Gasteiger partial charge in [0.15, 0.2) is 0 Å². The third-order valence-electron chi connectivity index (χ3n) is 2.93. The summed E-state index contributed by atoms with van der Waals surface area (Å²) in [5, 5.41) is 3.02. The Labute approximate surface area is 102 Å². The molecule has 1 heterocycles. The Bertz CT molecular complexity index is 207. The third kappa shape index (κ3) is 4.61. The van der Waals surface area contributed by atoms with Gasteiger partial charge < -0.3 is 16.0 Å². The molecule has 1 atom stereocenters. The Kier molecular flexibility index (Phi) is 6.64. The van der Waals surface area contributed by atoms with Crippen molar-refractivity contribution in [1.29, 1.82) is 0 Å². The topological polar surface area (TPSA) is 58.4 Å². The highest BCUT2D eigenvalue weighted by molar-refractivity contribution is 7.98. The van der Waals surface area contributed by atoms with Crippen molar-refractivity contribution in [1.82, 2.24) is 10.2 Å². The van der Waals surface area contributed by atoms with Crippen molar-refractivity contribution >= 4 is 17.8 Å². The summed E-state index contributed by atoms with van der Waals surface area (Å²) in [6, 6.07) is 0.193. The van der Waals surface area contributed by atoms with Crippen molar-refractivity contribution in [3.8, 4) is 0 Å². The molecule has 0 aromatic heterocycles. The lowest BCUT2D eigenvalue weighted by molar-refractivity contribution is 0.182. The fourth-order valence-corrected chi connectivity index (χ4v) is 2.39. The summed E-state index contributed by atoms with van der Waals surface area (Å²) in [7, 11) is 0. The number of likely N-dealkylation sites (tertiary alicyclic amines) is 1. The van der Waals surface area contributed by atoms with Gasteiger partial charge in [-0.25, -0.2) is 4.79 Å². The van der Waals surface area contributed by atoms with E-state index >= 15 is 0 Å². The van der Waals surface area contributed by atoms with Crippen molar-refractivity contribution < 1.29 is 4.79 Å². The zero-order valence-electron chi connectivity index (χ0n) is 10.1. The van der Waals surface area contributed by atoms with Crippen molar-refractivity contribution in [2.24, 2.45) is 5.73 Å². The molecule has 4 nitrogen and oxygen atoms in total. The summed E-state index contributed by atoms with van der Waals surface area (Å²) >= 11 is 1.79. The molecule has 16 heavy (non-hydrogen) atoms. The first-order chi connectivity index (χ1) is 7.77. The number of rotatable bonds is 5. The molecule has 1 aliphatic heterocycles. The highest BCUT2D eigenvalue weighted by atomic mass is 32.2. The van der Waals surface area contributed by atoms with Crippen molar-refractivity contribution in [3.63, 3.8) is 0 Å². The van der Waals surface area contributed by atoms with Gasteiger partial charge in [0.05, 0.1) is 0 Å². The molecule has 0 aromatic carbocycles. The second-order valence-corrected chi connectivity index (χ2v) is 5.20. The molecule has 0 aliphatic carbocycles. The van der Waals surface area contributed by atoms with E-state index in [-0.39, 0.29) is 12.1 Å². The highest BCUT2D eigenvalue weighted by Crippen LogP contribution is 2.09. The summed E-state index contributed by atoms with van der Waals surface area (Å²) in [6.45, 7) is 2.32. The van der Waals surface area contributed by atoms with E-state index in [0.717, 1.165) is 38.1 Å². The first-order valence-corrected chi connectivity index (χ1v) is 7.41. The number of urea groups is 1. The number of thioether (sulfide) groups is 1. The van der Waals surface area contributed by atoms with E-state index in [1.807, 2.05) is 4.90 Å². The molecule has 0 saturated carbocycles. The van der Waals surface area contributed by atoms with Crippen LogP contribution in [0.4, 0.5) is 4.79 Å². The Morgan fingerprint density at radius 3 is 2.69 bits per heavy atom. The molecule has 0 unspecified atom stereocenters. The van der Waals surface area contributed by atoms with E-state index in [2.05, 4.69) is 11.6 Å². The van der Waals surface area contributed by atoms with Crippen LogP contribution in [0.5, 0.6) is 0 Å². The van der Waals surface area contributed by atoms with Crippen molar-refractivity contribution in [2.45, 2.75) is 31.7 Å². The number of nitrogens with zero attached hydrogens (tertiary/aromatic N) is 1. The van der Waals surface area contributed by atoms with Crippen LogP contribution >= 0.6 is 11.8 Å². The van der Waals surface area contributed by atoms with Crippen LogP contribution in [0.1, 0.15) is 25.7 Å². The van der Waals surface area contributed by atoms with Crippen LogP contribution in [0, 0.1) is 0 Å². The number of nitrogens with one attached hydrogen (secondary N) is 1. The van der Waals surface area contributed by atoms with Gasteiger partial charge in [-0.15, -0.1) is 0 Å². The van der Waals surface area contributed by atoms with Crippen molar-refractivity contribution in [3.05, 3.63) is 0 Å². The average molecular weight is 245 g/mol. The van der Waals surface area contributed by atoms with Gasteiger partial charge in [-0.3, -0.25) is 0 Å². The second kappa shape index (κ2) is 7.79. The molecular formula is C11H23N3OS. The molecule has 94 valence electrons. The number of hydrogen-bond acceptors (Lipinski definition) is 3. The van der Waals surface area contributed by atoms with Gasteiger partial charge in [0.1, 0.15) is 0 Å².